The van der Waals surface area contributed by atoms with Gasteiger partial charge in [0.25, 0.3) is 11.8 Å². The van der Waals surface area contributed by atoms with Crippen LogP contribution in [0.3, 0.4) is 0 Å². The summed E-state index contributed by atoms with van der Waals surface area (Å²) in [5, 5.41) is 9.10. The number of piperidine rings is 1. The van der Waals surface area contributed by atoms with E-state index in [0.717, 1.165) is 19.4 Å². The predicted octanol–water partition coefficient (Wildman–Crippen LogP) is 1.89. The summed E-state index contributed by atoms with van der Waals surface area (Å²) >= 11 is 0. The Morgan fingerprint density at radius 3 is 2.33 bits per heavy atom. The predicted molar refractivity (Wildman–Crippen MR) is 90.5 cm³/mol. The first kappa shape index (κ1) is 18.4. The van der Waals surface area contributed by atoms with Gasteiger partial charge in [-0.2, -0.15) is 0 Å². The molecule has 3 rings (SSSR count). The molecule has 1 atom stereocenters. The number of imide groups is 1. The van der Waals surface area contributed by atoms with Crippen LogP contribution in [-0.4, -0.2) is 58.9 Å². The summed E-state index contributed by atoms with van der Waals surface area (Å²) in [5.74, 6) is -1.50. The maximum absolute atomic E-state index is 12.2. The van der Waals surface area contributed by atoms with Crippen LogP contribution in [0.15, 0.2) is 24.3 Å². The highest BCUT2D eigenvalue weighted by Crippen LogP contribution is 2.23. The summed E-state index contributed by atoms with van der Waals surface area (Å²) in [7, 11) is 0. The molecule has 2 aliphatic heterocycles. The van der Waals surface area contributed by atoms with Crippen LogP contribution < -0.4 is 0 Å². The second kappa shape index (κ2) is 7.77. The van der Waals surface area contributed by atoms with Crippen LogP contribution in [0, 0.1) is 5.92 Å². The molecule has 2 heterocycles. The Labute approximate surface area is 146 Å². The van der Waals surface area contributed by atoms with Crippen molar-refractivity contribution < 1.29 is 19.5 Å². The fraction of sp³-hybridized carbons (Fsp3) is 0.471. The van der Waals surface area contributed by atoms with Gasteiger partial charge >= 0.3 is 5.97 Å². The van der Waals surface area contributed by atoms with Gasteiger partial charge in [-0.3, -0.25) is 19.3 Å². The van der Waals surface area contributed by atoms with Crippen LogP contribution >= 0.6 is 12.4 Å². The molecular formula is C17H21ClN2O4. The van der Waals surface area contributed by atoms with Crippen molar-refractivity contribution in [1.82, 2.24) is 9.80 Å². The summed E-state index contributed by atoms with van der Waals surface area (Å²) in [6.07, 6.45) is 2.27. The monoisotopic (exact) mass is 352 g/mol. The lowest BCUT2D eigenvalue weighted by Crippen LogP contribution is -2.40. The molecule has 0 aromatic heterocycles. The van der Waals surface area contributed by atoms with Crippen molar-refractivity contribution >= 4 is 30.2 Å². The molecule has 0 saturated carbocycles. The second-order valence-electron chi connectivity index (χ2n) is 6.14. The van der Waals surface area contributed by atoms with E-state index in [1.807, 2.05) is 0 Å². The SMILES string of the molecule is Cl.O=C(O)C1CCCN(CCCN2C(=O)c3ccccc3C2=O)C1. The molecule has 1 N–H and O–H groups in total. The molecule has 1 aromatic carbocycles. The van der Waals surface area contributed by atoms with Crippen LogP contribution in [0.4, 0.5) is 0 Å². The highest BCUT2D eigenvalue weighted by molar-refractivity contribution is 6.21. The molecule has 2 aliphatic rings. The van der Waals surface area contributed by atoms with Crippen LogP contribution in [0.25, 0.3) is 0 Å². The maximum atomic E-state index is 12.2. The number of amides is 2. The molecule has 2 amide bonds. The summed E-state index contributed by atoms with van der Waals surface area (Å²) in [6, 6.07) is 6.87. The average molecular weight is 353 g/mol. The fourth-order valence-corrected chi connectivity index (χ4v) is 3.35. The quantitative estimate of drug-likeness (QED) is 0.819. The number of hydrogen-bond donors (Lipinski definition) is 1. The van der Waals surface area contributed by atoms with E-state index < -0.39 is 5.97 Å². The molecular weight excluding hydrogens is 332 g/mol. The van der Waals surface area contributed by atoms with E-state index in [9.17, 15) is 14.4 Å². The van der Waals surface area contributed by atoms with E-state index in [1.54, 1.807) is 24.3 Å². The van der Waals surface area contributed by atoms with E-state index >= 15 is 0 Å². The van der Waals surface area contributed by atoms with E-state index in [1.165, 1.54) is 4.90 Å². The Morgan fingerprint density at radius 1 is 1.12 bits per heavy atom. The van der Waals surface area contributed by atoms with Gasteiger partial charge in [-0.05, 0) is 44.5 Å². The van der Waals surface area contributed by atoms with Gasteiger partial charge in [0.1, 0.15) is 0 Å². The zero-order valence-electron chi connectivity index (χ0n) is 13.3. The number of carboxylic acids is 1. The third-order valence-corrected chi connectivity index (χ3v) is 4.59. The molecule has 130 valence electrons. The van der Waals surface area contributed by atoms with Gasteiger partial charge in [0.2, 0.25) is 0 Å². The zero-order chi connectivity index (χ0) is 16.4. The highest BCUT2D eigenvalue weighted by atomic mass is 35.5. The van der Waals surface area contributed by atoms with Crippen molar-refractivity contribution in [2.24, 2.45) is 5.92 Å². The van der Waals surface area contributed by atoms with Gasteiger partial charge in [-0.25, -0.2) is 0 Å². The maximum Gasteiger partial charge on any atom is 0.307 e. The third kappa shape index (κ3) is 3.60. The lowest BCUT2D eigenvalue weighted by molar-refractivity contribution is -0.143. The van der Waals surface area contributed by atoms with Gasteiger partial charge in [0, 0.05) is 13.1 Å². The molecule has 0 radical (unpaired) electrons. The Bertz CT molecular complexity index is 614. The molecule has 1 unspecified atom stereocenters. The molecule has 0 spiro atoms. The van der Waals surface area contributed by atoms with Crippen LogP contribution in [0.2, 0.25) is 0 Å². The van der Waals surface area contributed by atoms with Crippen molar-refractivity contribution in [1.29, 1.82) is 0 Å². The van der Waals surface area contributed by atoms with E-state index in [0.29, 0.717) is 37.2 Å². The third-order valence-electron chi connectivity index (χ3n) is 4.59. The lowest BCUT2D eigenvalue weighted by Gasteiger charge is -2.30. The van der Waals surface area contributed by atoms with Gasteiger partial charge in [-0.15, -0.1) is 12.4 Å². The minimum absolute atomic E-state index is 0. The Kier molecular flexibility index (Phi) is 5.96. The second-order valence-corrected chi connectivity index (χ2v) is 6.14. The zero-order valence-corrected chi connectivity index (χ0v) is 14.1. The van der Waals surface area contributed by atoms with Gasteiger partial charge in [0.15, 0.2) is 0 Å². The average Bonchev–Trinajstić information content (AvgIpc) is 2.80. The van der Waals surface area contributed by atoms with Crippen molar-refractivity contribution in [3.05, 3.63) is 35.4 Å². The van der Waals surface area contributed by atoms with Crippen molar-refractivity contribution in [3.63, 3.8) is 0 Å². The van der Waals surface area contributed by atoms with Crippen molar-refractivity contribution in [2.45, 2.75) is 19.3 Å². The topological polar surface area (TPSA) is 77.9 Å². The van der Waals surface area contributed by atoms with Crippen LogP contribution in [-0.2, 0) is 4.79 Å². The largest absolute Gasteiger partial charge is 0.481 e. The highest BCUT2D eigenvalue weighted by Gasteiger charge is 2.34. The number of benzene rings is 1. The first-order valence-corrected chi connectivity index (χ1v) is 7.98. The fourth-order valence-electron chi connectivity index (χ4n) is 3.35. The van der Waals surface area contributed by atoms with E-state index in [2.05, 4.69) is 4.90 Å². The smallest absolute Gasteiger partial charge is 0.307 e. The summed E-state index contributed by atoms with van der Waals surface area (Å²) in [4.78, 5) is 39.0. The Morgan fingerprint density at radius 2 is 1.75 bits per heavy atom. The molecule has 1 aromatic rings. The molecule has 1 saturated heterocycles. The summed E-state index contributed by atoms with van der Waals surface area (Å²) in [5.41, 5.74) is 0.947. The molecule has 0 aliphatic carbocycles. The molecule has 0 bridgehead atoms. The minimum Gasteiger partial charge on any atom is -0.481 e. The normalized spacial score (nSPS) is 20.7. The number of hydrogen-bond acceptors (Lipinski definition) is 4. The Hall–Kier alpha value is -1.92. The Balaban J connectivity index is 0.00000208. The van der Waals surface area contributed by atoms with Gasteiger partial charge in [-0.1, -0.05) is 12.1 Å². The van der Waals surface area contributed by atoms with Crippen molar-refractivity contribution in [3.8, 4) is 0 Å². The first-order valence-electron chi connectivity index (χ1n) is 7.98. The minimum atomic E-state index is -0.741. The molecule has 6 nitrogen and oxygen atoms in total. The van der Waals surface area contributed by atoms with Crippen LogP contribution in [0.1, 0.15) is 40.0 Å². The van der Waals surface area contributed by atoms with Gasteiger partial charge in [0.05, 0.1) is 17.0 Å². The standard InChI is InChI=1S/C17H20N2O4.ClH/c20-15-13-6-1-2-7-14(13)16(21)19(15)10-4-9-18-8-3-5-12(11-18)17(22)23;/h1-2,6-7,12H,3-5,8-11H2,(H,22,23);1H. The van der Waals surface area contributed by atoms with E-state index in [4.69, 9.17) is 5.11 Å². The number of nitrogens with zero attached hydrogens (tertiary/aromatic N) is 2. The number of carbonyl (C=O) groups excluding carboxylic acids is 2. The number of likely N-dealkylation sites (tertiary alicyclic amines) is 1. The number of halogens is 1. The molecule has 1 fully saturated rings. The summed E-state index contributed by atoms with van der Waals surface area (Å²) in [6.45, 7) is 2.52. The number of fused-ring (bicyclic) bond motifs is 1. The molecule has 24 heavy (non-hydrogen) atoms. The summed E-state index contributed by atoms with van der Waals surface area (Å²) < 4.78 is 0. The lowest BCUT2D eigenvalue weighted by atomic mass is 9.98. The molecule has 7 heteroatoms. The van der Waals surface area contributed by atoms with Crippen LogP contribution in [0.5, 0.6) is 0 Å². The number of aliphatic carboxylic acids is 1. The van der Waals surface area contributed by atoms with Gasteiger partial charge < -0.3 is 10.0 Å². The number of carbonyl (C=O) groups is 3. The number of rotatable bonds is 5. The first-order chi connectivity index (χ1) is 11.1. The van der Waals surface area contributed by atoms with E-state index in [-0.39, 0.29) is 30.1 Å². The van der Waals surface area contributed by atoms with Crippen molar-refractivity contribution in [2.75, 3.05) is 26.2 Å². The number of carboxylic acid groups (broad SMARTS) is 1.